The van der Waals surface area contributed by atoms with Gasteiger partial charge in [-0.25, -0.2) is 0 Å². The number of para-hydroxylation sites is 1. The highest BCUT2D eigenvalue weighted by Gasteiger charge is 2.30. The Morgan fingerprint density at radius 1 is 0.968 bits per heavy atom. The number of alkyl halides is 3. The average molecular weight is 433 g/mol. The summed E-state index contributed by atoms with van der Waals surface area (Å²) >= 11 is 0. The number of rotatable bonds is 7. The van der Waals surface area contributed by atoms with Crippen LogP contribution in [-0.4, -0.2) is 30.1 Å². The molecular formula is C21H18F3N3O4. The Hall–Kier alpha value is -3.82. The molecule has 31 heavy (non-hydrogen) atoms. The number of ether oxygens (including phenoxy) is 3. The zero-order valence-electron chi connectivity index (χ0n) is 16.6. The predicted octanol–water partition coefficient (Wildman–Crippen LogP) is 4.23. The number of benzene rings is 2. The maximum atomic E-state index is 12.9. The molecule has 162 valence electrons. The number of hydrogen-bond acceptors (Lipinski definition) is 6. The SMILES string of the molecule is COc1cc(OC)nc(Oc2ccccc2C(=O)NCc2cccc(C(F)(F)F)c2)n1. The molecule has 0 unspecified atom stereocenters. The molecule has 1 N–H and O–H groups in total. The first-order chi connectivity index (χ1) is 14.8. The largest absolute Gasteiger partial charge is 0.481 e. The van der Waals surface area contributed by atoms with E-state index in [9.17, 15) is 18.0 Å². The van der Waals surface area contributed by atoms with Crippen LogP contribution in [0.2, 0.25) is 0 Å². The number of methoxy groups -OCH3 is 2. The van der Waals surface area contributed by atoms with Crippen LogP contribution in [0.5, 0.6) is 23.5 Å². The van der Waals surface area contributed by atoms with Crippen molar-refractivity contribution in [2.24, 2.45) is 0 Å². The van der Waals surface area contributed by atoms with E-state index in [2.05, 4.69) is 15.3 Å². The van der Waals surface area contributed by atoms with Crippen LogP contribution in [0.25, 0.3) is 0 Å². The Balaban J connectivity index is 1.77. The third-order valence-electron chi connectivity index (χ3n) is 4.12. The van der Waals surface area contributed by atoms with Gasteiger partial charge in [-0.2, -0.15) is 23.1 Å². The molecule has 0 aliphatic rings. The Kier molecular flexibility index (Phi) is 6.58. The van der Waals surface area contributed by atoms with E-state index in [-0.39, 0.29) is 35.6 Å². The third kappa shape index (κ3) is 5.62. The first kappa shape index (κ1) is 21.9. The van der Waals surface area contributed by atoms with Crippen molar-refractivity contribution in [1.82, 2.24) is 15.3 Å². The molecule has 0 saturated carbocycles. The summed E-state index contributed by atoms with van der Waals surface area (Å²) in [5.41, 5.74) is -0.325. The minimum absolute atomic E-state index is 0.0967. The smallest absolute Gasteiger partial charge is 0.416 e. The second kappa shape index (κ2) is 9.33. The summed E-state index contributed by atoms with van der Waals surface area (Å²) in [5, 5.41) is 2.59. The lowest BCUT2D eigenvalue weighted by atomic mass is 10.1. The van der Waals surface area contributed by atoms with Gasteiger partial charge in [0.25, 0.3) is 5.91 Å². The molecule has 10 heteroatoms. The van der Waals surface area contributed by atoms with Crippen molar-refractivity contribution < 1.29 is 32.2 Å². The van der Waals surface area contributed by atoms with Crippen LogP contribution in [0, 0.1) is 0 Å². The summed E-state index contributed by atoms with van der Waals surface area (Å²) in [6.45, 7) is -0.0967. The van der Waals surface area contributed by atoms with Gasteiger partial charge >= 0.3 is 12.2 Å². The van der Waals surface area contributed by atoms with Crippen LogP contribution in [0.1, 0.15) is 21.5 Å². The number of nitrogens with zero attached hydrogens (tertiary/aromatic N) is 2. The van der Waals surface area contributed by atoms with Crippen LogP contribution in [0.15, 0.2) is 54.6 Å². The molecule has 0 atom stereocenters. The lowest BCUT2D eigenvalue weighted by Gasteiger charge is -2.12. The van der Waals surface area contributed by atoms with E-state index in [1.54, 1.807) is 12.1 Å². The summed E-state index contributed by atoms with van der Waals surface area (Å²) in [4.78, 5) is 20.7. The standard InChI is InChI=1S/C21H18F3N3O4/c1-29-17-11-18(30-2)27-20(26-17)31-16-9-4-3-8-15(16)19(28)25-12-13-6-5-7-14(10-13)21(22,23)24/h3-11H,12H2,1-2H3,(H,25,28). The van der Waals surface area contributed by atoms with E-state index < -0.39 is 17.6 Å². The van der Waals surface area contributed by atoms with Crippen molar-refractivity contribution in [3.05, 3.63) is 71.3 Å². The van der Waals surface area contributed by atoms with E-state index >= 15 is 0 Å². The fourth-order valence-electron chi connectivity index (χ4n) is 2.62. The van der Waals surface area contributed by atoms with Crippen LogP contribution in [0.4, 0.5) is 13.2 Å². The van der Waals surface area contributed by atoms with Crippen molar-refractivity contribution in [3.63, 3.8) is 0 Å². The first-order valence-electron chi connectivity index (χ1n) is 8.98. The molecule has 3 aromatic rings. The van der Waals surface area contributed by atoms with E-state index in [1.165, 1.54) is 44.6 Å². The Morgan fingerprint density at radius 3 is 2.29 bits per heavy atom. The minimum Gasteiger partial charge on any atom is -0.481 e. The number of aromatic nitrogens is 2. The molecule has 0 aliphatic carbocycles. The minimum atomic E-state index is -4.46. The number of nitrogens with one attached hydrogen (secondary N) is 1. The monoisotopic (exact) mass is 433 g/mol. The van der Waals surface area contributed by atoms with Crippen molar-refractivity contribution in [2.45, 2.75) is 12.7 Å². The summed E-state index contributed by atoms with van der Waals surface area (Å²) in [6.07, 6.45) is -4.46. The summed E-state index contributed by atoms with van der Waals surface area (Å²) in [7, 11) is 2.83. The molecule has 0 radical (unpaired) electrons. The molecule has 7 nitrogen and oxygen atoms in total. The molecule has 0 fully saturated rings. The maximum absolute atomic E-state index is 12.9. The van der Waals surface area contributed by atoms with Gasteiger partial charge in [0.15, 0.2) is 0 Å². The van der Waals surface area contributed by atoms with E-state index in [0.29, 0.717) is 5.56 Å². The van der Waals surface area contributed by atoms with Gasteiger partial charge < -0.3 is 19.5 Å². The van der Waals surface area contributed by atoms with Gasteiger partial charge in [-0.3, -0.25) is 4.79 Å². The highest BCUT2D eigenvalue weighted by atomic mass is 19.4. The third-order valence-corrected chi connectivity index (χ3v) is 4.12. The van der Waals surface area contributed by atoms with Crippen molar-refractivity contribution in [3.8, 4) is 23.5 Å². The van der Waals surface area contributed by atoms with Crippen molar-refractivity contribution in [1.29, 1.82) is 0 Å². The second-order valence-electron chi connectivity index (χ2n) is 6.21. The molecule has 1 heterocycles. The molecule has 0 aliphatic heterocycles. The molecule has 1 aromatic heterocycles. The van der Waals surface area contributed by atoms with Crippen molar-refractivity contribution >= 4 is 5.91 Å². The lowest BCUT2D eigenvalue weighted by molar-refractivity contribution is -0.137. The Bertz CT molecular complexity index is 1050. The Morgan fingerprint density at radius 2 is 1.65 bits per heavy atom. The predicted molar refractivity (Wildman–Crippen MR) is 104 cm³/mol. The van der Waals surface area contributed by atoms with Crippen LogP contribution in [-0.2, 0) is 12.7 Å². The number of carbonyl (C=O) groups excluding carboxylic acids is 1. The summed E-state index contributed by atoms with van der Waals surface area (Å²) in [6, 6.07) is 12.4. The average Bonchev–Trinajstić information content (AvgIpc) is 2.77. The maximum Gasteiger partial charge on any atom is 0.416 e. The number of carbonyl (C=O) groups is 1. The molecular weight excluding hydrogens is 415 g/mol. The molecule has 0 saturated heterocycles. The molecule has 0 spiro atoms. The number of hydrogen-bond donors (Lipinski definition) is 1. The first-order valence-corrected chi connectivity index (χ1v) is 8.98. The second-order valence-corrected chi connectivity index (χ2v) is 6.21. The molecule has 0 bridgehead atoms. The van der Waals surface area contributed by atoms with E-state index in [0.717, 1.165) is 12.1 Å². The summed E-state index contributed by atoms with van der Waals surface area (Å²) < 4.78 is 54.4. The normalized spacial score (nSPS) is 11.0. The molecule has 1 amide bonds. The van der Waals surface area contributed by atoms with Gasteiger partial charge in [0.05, 0.1) is 31.4 Å². The van der Waals surface area contributed by atoms with Gasteiger partial charge in [-0.15, -0.1) is 0 Å². The zero-order valence-corrected chi connectivity index (χ0v) is 16.6. The Labute approximate surface area is 175 Å². The fraction of sp³-hybridized carbons (Fsp3) is 0.190. The van der Waals surface area contributed by atoms with Gasteiger partial charge in [0, 0.05) is 6.54 Å². The van der Waals surface area contributed by atoms with Gasteiger partial charge in [-0.05, 0) is 29.8 Å². The fourth-order valence-corrected chi connectivity index (χ4v) is 2.62. The highest BCUT2D eigenvalue weighted by molar-refractivity contribution is 5.96. The number of amides is 1. The van der Waals surface area contributed by atoms with Crippen LogP contribution >= 0.6 is 0 Å². The van der Waals surface area contributed by atoms with Gasteiger partial charge in [0.1, 0.15) is 5.75 Å². The molecule has 2 aromatic carbocycles. The number of halogens is 3. The van der Waals surface area contributed by atoms with Crippen LogP contribution < -0.4 is 19.5 Å². The van der Waals surface area contributed by atoms with Crippen LogP contribution in [0.3, 0.4) is 0 Å². The quantitative estimate of drug-likeness (QED) is 0.600. The highest BCUT2D eigenvalue weighted by Crippen LogP contribution is 2.30. The topological polar surface area (TPSA) is 82.6 Å². The van der Waals surface area contributed by atoms with Gasteiger partial charge in [-0.1, -0.05) is 24.3 Å². The molecule has 3 rings (SSSR count). The van der Waals surface area contributed by atoms with E-state index in [4.69, 9.17) is 14.2 Å². The zero-order chi connectivity index (χ0) is 22.4. The van der Waals surface area contributed by atoms with E-state index in [1.807, 2.05) is 0 Å². The van der Waals surface area contributed by atoms with Crippen molar-refractivity contribution in [2.75, 3.05) is 14.2 Å². The summed E-state index contributed by atoms with van der Waals surface area (Å²) in [5.74, 6) is 0.0175. The van der Waals surface area contributed by atoms with Gasteiger partial charge in [0.2, 0.25) is 11.8 Å². The lowest BCUT2D eigenvalue weighted by Crippen LogP contribution is -2.23.